The quantitative estimate of drug-likeness (QED) is 0.356. The second kappa shape index (κ2) is 7.30. The van der Waals surface area contributed by atoms with E-state index < -0.39 is 0 Å². The van der Waals surface area contributed by atoms with Crippen LogP contribution in [0.1, 0.15) is 26.2 Å². The normalized spacial score (nSPS) is 18.6. The molecule has 2 heteroatoms. The van der Waals surface area contributed by atoms with Gasteiger partial charge in [0.05, 0.1) is 19.6 Å². The molecule has 0 N–H and O–H groups in total. The van der Waals surface area contributed by atoms with Gasteiger partial charge in [0.15, 0.2) is 0 Å². The average Bonchev–Trinajstić information content (AvgIpc) is 2.20. The van der Waals surface area contributed by atoms with Crippen LogP contribution in [0, 0.1) is 11.8 Å². The largest absolute Gasteiger partial charge is 1.00 e. The number of nitrogens with zero attached hydrogens (tertiary/aromatic N) is 1. The van der Waals surface area contributed by atoms with Gasteiger partial charge in [-0.1, -0.05) is 12.5 Å². The number of rotatable bonds is 2. The summed E-state index contributed by atoms with van der Waals surface area (Å²) in [5.41, 5.74) is 0. The molecule has 1 fully saturated rings. The van der Waals surface area contributed by atoms with Crippen LogP contribution in [0.25, 0.3) is 0 Å². The van der Waals surface area contributed by atoms with Crippen LogP contribution in [0.2, 0.25) is 0 Å². The van der Waals surface area contributed by atoms with Crippen molar-refractivity contribution in [2.45, 2.75) is 26.2 Å². The molecule has 0 atom stereocenters. The maximum Gasteiger partial charge on any atom is 0.141 e. The van der Waals surface area contributed by atoms with Crippen molar-refractivity contribution in [3.63, 3.8) is 0 Å². The Balaban J connectivity index is 0.00000169. The van der Waals surface area contributed by atoms with Gasteiger partial charge >= 0.3 is 0 Å². The summed E-state index contributed by atoms with van der Waals surface area (Å²) in [7, 11) is 0. The fourth-order valence-corrected chi connectivity index (χ4v) is 2.05. The molecule has 1 nitrogen and oxygen atoms in total. The van der Waals surface area contributed by atoms with E-state index in [1.54, 1.807) is 6.08 Å². The number of quaternary nitrogens is 1. The summed E-state index contributed by atoms with van der Waals surface area (Å²) in [5, 5.41) is 0. The predicted octanol–water partition coefficient (Wildman–Crippen LogP) is -0.800. The summed E-state index contributed by atoms with van der Waals surface area (Å²) in [6.07, 6.45) is 5.86. The summed E-state index contributed by atoms with van der Waals surface area (Å²) < 4.78 is 1.21. The lowest BCUT2D eigenvalue weighted by molar-refractivity contribution is -0.924. The Kier molecular flexibility index (Phi) is 7.30. The lowest BCUT2D eigenvalue weighted by Gasteiger charge is -2.39. The first-order valence-corrected chi connectivity index (χ1v) is 5.27. The van der Waals surface area contributed by atoms with E-state index >= 15 is 0 Å². The summed E-state index contributed by atoms with van der Waals surface area (Å²) in [6, 6.07) is 0. The average molecular weight is 305 g/mol. The maximum atomic E-state index is 3.61. The highest BCUT2D eigenvalue weighted by molar-refractivity contribution is 5.12. The molecule has 0 amide bonds. The van der Waals surface area contributed by atoms with E-state index in [1.807, 2.05) is 0 Å². The van der Waals surface area contributed by atoms with Crippen molar-refractivity contribution in [1.82, 2.24) is 0 Å². The summed E-state index contributed by atoms with van der Waals surface area (Å²) in [5.74, 6) is 6.15. The zero-order valence-corrected chi connectivity index (χ0v) is 11.2. The number of hydrogen-bond acceptors (Lipinski definition) is 0. The van der Waals surface area contributed by atoms with Crippen LogP contribution >= 0.6 is 0 Å². The molecule has 0 aromatic carbocycles. The van der Waals surface area contributed by atoms with Crippen LogP contribution in [-0.2, 0) is 0 Å². The van der Waals surface area contributed by atoms with Crippen molar-refractivity contribution in [1.29, 1.82) is 0 Å². The Bertz CT molecular complexity index is 218. The Labute approximate surface area is 105 Å². The first kappa shape index (κ1) is 14.0. The van der Waals surface area contributed by atoms with Gasteiger partial charge in [-0.05, 0) is 38.2 Å². The predicted molar refractivity (Wildman–Crippen MR) is 57.2 cm³/mol. The summed E-state index contributed by atoms with van der Waals surface area (Å²) in [6.45, 7) is 10.8. The molecule has 14 heavy (non-hydrogen) atoms. The van der Waals surface area contributed by atoms with Gasteiger partial charge in [-0.3, -0.25) is 0 Å². The highest BCUT2D eigenvalue weighted by atomic mass is 127. The van der Waals surface area contributed by atoms with Crippen molar-refractivity contribution in [2.75, 3.05) is 26.2 Å². The minimum atomic E-state index is 0. The molecule has 0 aromatic rings. The van der Waals surface area contributed by atoms with Gasteiger partial charge in [0.2, 0.25) is 0 Å². The molecule has 0 unspecified atom stereocenters. The van der Waals surface area contributed by atoms with Crippen LogP contribution in [-0.4, -0.2) is 30.7 Å². The third kappa shape index (κ3) is 4.02. The number of piperidine rings is 1. The maximum absolute atomic E-state index is 3.61. The molecule has 0 radical (unpaired) electrons. The monoisotopic (exact) mass is 305 g/mol. The van der Waals surface area contributed by atoms with Crippen LogP contribution in [0.15, 0.2) is 12.7 Å². The summed E-state index contributed by atoms with van der Waals surface area (Å²) in [4.78, 5) is 0. The smallest absolute Gasteiger partial charge is 0.141 e. The van der Waals surface area contributed by atoms with Crippen molar-refractivity contribution in [2.24, 2.45) is 0 Å². The number of allylic oxidation sites excluding steroid dienone is 1. The van der Waals surface area contributed by atoms with Crippen molar-refractivity contribution >= 4 is 0 Å². The first-order valence-electron chi connectivity index (χ1n) is 5.27. The highest BCUT2D eigenvalue weighted by Gasteiger charge is 2.26. The molecular formula is C12H20IN. The minimum Gasteiger partial charge on any atom is -1.00 e. The molecule has 0 aromatic heterocycles. The van der Waals surface area contributed by atoms with Gasteiger partial charge in [0.25, 0.3) is 0 Å². The van der Waals surface area contributed by atoms with Crippen molar-refractivity contribution in [3.8, 4) is 11.8 Å². The zero-order valence-electron chi connectivity index (χ0n) is 9.06. The Morgan fingerprint density at radius 3 is 2.43 bits per heavy atom. The van der Waals surface area contributed by atoms with E-state index in [0.29, 0.717) is 0 Å². The third-order valence-electron chi connectivity index (χ3n) is 3.05. The molecule has 0 spiro atoms. The van der Waals surface area contributed by atoms with Crippen molar-refractivity contribution < 1.29 is 28.5 Å². The van der Waals surface area contributed by atoms with Crippen LogP contribution in [0.4, 0.5) is 0 Å². The van der Waals surface area contributed by atoms with Crippen molar-refractivity contribution in [3.05, 3.63) is 12.7 Å². The van der Waals surface area contributed by atoms with E-state index in [9.17, 15) is 0 Å². The number of hydrogen-bond donors (Lipinski definition) is 0. The van der Waals surface area contributed by atoms with E-state index in [0.717, 1.165) is 6.54 Å². The second-order valence-corrected chi connectivity index (χ2v) is 3.85. The molecule has 1 heterocycles. The van der Waals surface area contributed by atoms with E-state index in [-0.39, 0.29) is 24.0 Å². The van der Waals surface area contributed by atoms with Gasteiger partial charge in [-0.2, -0.15) is 0 Å². The Morgan fingerprint density at radius 2 is 1.93 bits per heavy atom. The SMILES string of the molecule is C=CC#CC[N+]1(CC)CCCCC1.[I-]. The van der Waals surface area contributed by atoms with Gasteiger partial charge in [-0.15, -0.1) is 0 Å². The standard InChI is InChI=1S/C12H20N.HI/c1-3-5-7-10-13(4-2)11-8-6-9-12-13;/h3H,1,4,6,8-12H2,2H3;1H/q+1;/p-1. The molecule has 0 bridgehead atoms. The molecule has 1 aliphatic rings. The molecule has 0 saturated carbocycles. The lowest BCUT2D eigenvalue weighted by atomic mass is 10.1. The van der Waals surface area contributed by atoms with E-state index in [2.05, 4.69) is 25.3 Å². The molecule has 0 aliphatic carbocycles. The zero-order chi connectivity index (χ0) is 9.57. The highest BCUT2D eigenvalue weighted by Crippen LogP contribution is 2.17. The fourth-order valence-electron chi connectivity index (χ4n) is 2.05. The van der Waals surface area contributed by atoms with Gasteiger partial charge in [-0.25, -0.2) is 0 Å². The number of likely N-dealkylation sites (tertiary alicyclic amines) is 1. The number of halogens is 1. The first-order chi connectivity index (χ1) is 6.33. The third-order valence-corrected chi connectivity index (χ3v) is 3.05. The topological polar surface area (TPSA) is 0 Å². The van der Waals surface area contributed by atoms with E-state index in [4.69, 9.17) is 0 Å². The summed E-state index contributed by atoms with van der Waals surface area (Å²) >= 11 is 0. The van der Waals surface area contributed by atoms with Gasteiger partial charge in [0, 0.05) is 0 Å². The second-order valence-electron chi connectivity index (χ2n) is 3.85. The van der Waals surface area contributed by atoms with Gasteiger partial charge in [0.1, 0.15) is 6.54 Å². The van der Waals surface area contributed by atoms with Gasteiger partial charge < -0.3 is 28.5 Å². The Hall–Kier alpha value is -0.0100. The Morgan fingerprint density at radius 1 is 1.29 bits per heavy atom. The molecular weight excluding hydrogens is 285 g/mol. The van der Waals surface area contributed by atoms with E-state index in [1.165, 1.54) is 43.4 Å². The fraction of sp³-hybridized carbons (Fsp3) is 0.667. The minimum absolute atomic E-state index is 0. The molecule has 1 rings (SSSR count). The van der Waals surface area contributed by atoms with Crippen LogP contribution < -0.4 is 24.0 Å². The molecule has 80 valence electrons. The molecule has 1 aliphatic heterocycles. The lowest BCUT2D eigenvalue weighted by Crippen LogP contribution is -3.00. The van der Waals surface area contributed by atoms with Crippen LogP contribution in [0.5, 0.6) is 0 Å². The molecule has 1 saturated heterocycles. The van der Waals surface area contributed by atoms with Crippen LogP contribution in [0.3, 0.4) is 0 Å².